The van der Waals surface area contributed by atoms with E-state index >= 15 is 0 Å². The highest BCUT2D eigenvalue weighted by molar-refractivity contribution is 5.95. The van der Waals surface area contributed by atoms with E-state index in [4.69, 9.17) is 0 Å². The molecule has 0 saturated carbocycles. The largest absolute Gasteiger partial charge is 0.338 e. The Hall–Kier alpha value is -2.63. The molecule has 3 heterocycles. The van der Waals surface area contributed by atoms with Crippen LogP contribution in [-0.2, 0) is 0 Å². The molecule has 2 aromatic carbocycles. The molecular formula is C24H27ClN4O. The van der Waals surface area contributed by atoms with E-state index in [1.165, 1.54) is 11.1 Å². The number of nitrogens with zero attached hydrogens (tertiary/aromatic N) is 3. The van der Waals surface area contributed by atoms with E-state index in [1.54, 1.807) is 6.20 Å². The first-order valence-corrected chi connectivity index (χ1v) is 10.3. The Bertz CT molecular complexity index is 1040. The van der Waals surface area contributed by atoms with Crippen LogP contribution < -0.4 is 0 Å². The van der Waals surface area contributed by atoms with Gasteiger partial charge in [-0.15, -0.1) is 12.4 Å². The molecule has 0 unspecified atom stereocenters. The summed E-state index contributed by atoms with van der Waals surface area (Å²) in [5.74, 6) is 1.16. The molecule has 156 valence electrons. The van der Waals surface area contributed by atoms with Crippen LogP contribution in [0.1, 0.15) is 27.5 Å². The molecule has 0 radical (unpaired) electrons. The van der Waals surface area contributed by atoms with E-state index in [2.05, 4.69) is 58.2 Å². The van der Waals surface area contributed by atoms with Gasteiger partial charge >= 0.3 is 0 Å². The number of aromatic nitrogens is 2. The number of aromatic amines is 1. The Morgan fingerprint density at radius 3 is 2.67 bits per heavy atom. The predicted octanol–water partition coefficient (Wildman–Crippen LogP) is 4.18. The van der Waals surface area contributed by atoms with Crippen LogP contribution in [0.5, 0.6) is 0 Å². The number of hydrogen-bond donors (Lipinski definition) is 1. The van der Waals surface area contributed by atoms with Crippen molar-refractivity contribution in [3.05, 3.63) is 77.6 Å². The van der Waals surface area contributed by atoms with Crippen molar-refractivity contribution in [2.75, 3.05) is 26.7 Å². The van der Waals surface area contributed by atoms with Crippen LogP contribution in [0.15, 0.2) is 60.9 Å². The van der Waals surface area contributed by atoms with Crippen molar-refractivity contribution < 1.29 is 4.79 Å². The summed E-state index contributed by atoms with van der Waals surface area (Å²) in [4.78, 5) is 17.8. The number of hydrogen-bond acceptors (Lipinski definition) is 3. The van der Waals surface area contributed by atoms with Crippen LogP contribution in [0.4, 0.5) is 0 Å². The Morgan fingerprint density at radius 1 is 1.07 bits per heavy atom. The number of carbonyl (C=O) groups excluding carboxylic acids is 1. The molecule has 2 aliphatic rings. The average Bonchev–Trinajstić information content (AvgIpc) is 3.45. The maximum atomic E-state index is 13.3. The summed E-state index contributed by atoms with van der Waals surface area (Å²) in [6, 6.07) is 16.9. The van der Waals surface area contributed by atoms with Gasteiger partial charge in [0.25, 0.3) is 5.91 Å². The van der Waals surface area contributed by atoms with E-state index in [0.717, 1.165) is 36.3 Å². The molecule has 0 spiro atoms. The van der Waals surface area contributed by atoms with Crippen molar-refractivity contribution in [1.29, 1.82) is 0 Å². The minimum absolute atomic E-state index is 0. The molecule has 0 bridgehead atoms. The number of carbonyl (C=O) groups is 1. The summed E-state index contributed by atoms with van der Waals surface area (Å²) in [5.41, 5.74) is 5.51. The second kappa shape index (κ2) is 8.25. The zero-order valence-corrected chi connectivity index (χ0v) is 18.1. The fraction of sp³-hybridized carbons (Fsp3) is 0.333. The van der Waals surface area contributed by atoms with Crippen molar-refractivity contribution in [1.82, 2.24) is 20.0 Å². The quantitative estimate of drug-likeness (QED) is 0.688. The van der Waals surface area contributed by atoms with Gasteiger partial charge in [0.15, 0.2) is 0 Å². The SMILES string of the molecule is Cc1ccccc1[C@H]1[C@@H]2CN(C(=O)c3cccc(-c4cn[nH]c4)c3)C[C@@H]2CN1C.Cl. The zero-order chi connectivity index (χ0) is 20.0. The third-order valence-corrected chi connectivity index (χ3v) is 6.63. The van der Waals surface area contributed by atoms with E-state index in [-0.39, 0.29) is 18.3 Å². The van der Waals surface area contributed by atoms with Crippen molar-refractivity contribution in [2.45, 2.75) is 13.0 Å². The molecule has 1 N–H and O–H groups in total. The molecule has 3 aromatic rings. The average molecular weight is 423 g/mol. The summed E-state index contributed by atoms with van der Waals surface area (Å²) in [7, 11) is 2.22. The number of benzene rings is 2. The molecule has 0 aliphatic carbocycles. The summed E-state index contributed by atoms with van der Waals surface area (Å²) in [5, 5.41) is 6.85. The van der Waals surface area contributed by atoms with Gasteiger partial charge in [0.05, 0.1) is 6.20 Å². The van der Waals surface area contributed by atoms with Crippen molar-refractivity contribution in [3.8, 4) is 11.1 Å². The van der Waals surface area contributed by atoms with Gasteiger partial charge < -0.3 is 4.90 Å². The number of halogens is 1. The van der Waals surface area contributed by atoms with Crippen molar-refractivity contribution in [2.24, 2.45) is 11.8 Å². The van der Waals surface area contributed by atoms with Crippen molar-refractivity contribution >= 4 is 18.3 Å². The van der Waals surface area contributed by atoms with Crippen LogP contribution >= 0.6 is 12.4 Å². The van der Waals surface area contributed by atoms with Gasteiger partial charge in [-0.2, -0.15) is 5.10 Å². The molecule has 3 atom stereocenters. The van der Waals surface area contributed by atoms with Crippen molar-refractivity contribution in [3.63, 3.8) is 0 Å². The van der Waals surface area contributed by atoms with Crippen LogP contribution in [0.3, 0.4) is 0 Å². The molecule has 6 heteroatoms. The minimum atomic E-state index is 0. The lowest BCUT2D eigenvalue weighted by Crippen LogP contribution is -2.33. The smallest absolute Gasteiger partial charge is 0.253 e. The van der Waals surface area contributed by atoms with E-state index in [0.29, 0.717) is 17.9 Å². The Balaban J connectivity index is 0.00000218. The number of rotatable bonds is 3. The third kappa shape index (κ3) is 3.53. The Labute approximate surface area is 183 Å². The third-order valence-electron chi connectivity index (χ3n) is 6.63. The molecule has 2 saturated heterocycles. The van der Waals surface area contributed by atoms with Gasteiger partial charge in [-0.05, 0) is 48.7 Å². The number of amides is 1. The summed E-state index contributed by atoms with van der Waals surface area (Å²) in [6.45, 7) is 4.90. The first-order chi connectivity index (χ1) is 14.1. The predicted molar refractivity (Wildman–Crippen MR) is 121 cm³/mol. The fourth-order valence-electron chi connectivity index (χ4n) is 5.23. The van der Waals surface area contributed by atoms with E-state index in [9.17, 15) is 4.79 Å². The molecular weight excluding hydrogens is 396 g/mol. The lowest BCUT2D eigenvalue weighted by atomic mass is 9.88. The highest BCUT2D eigenvalue weighted by Gasteiger charge is 2.47. The Morgan fingerprint density at radius 2 is 1.90 bits per heavy atom. The maximum absolute atomic E-state index is 13.3. The van der Waals surface area contributed by atoms with Gasteiger partial charge in [-0.1, -0.05) is 36.4 Å². The maximum Gasteiger partial charge on any atom is 0.253 e. The van der Waals surface area contributed by atoms with Gasteiger partial charge in [0.2, 0.25) is 0 Å². The number of nitrogens with one attached hydrogen (secondary N) is 1. The monoisotopic (exact) mass is 422 g/mol. The normalized spacial score (nSPS) is 23.3. The van der Waals surface area contributed by atoms with Crippen LogP contribution in [0.2, 0.25) is 0 Å². The second-order valence-electron chi connectivity index (χ2n) is 8.44. The molecule has 1 aromatic heterocycles. The molecule has 5 rings (SSSR count). The van der Waals surface area contributed by atoms with E-state index < -0.39 is 0 Å². The summed E-state index contributed by atoms with van der Waals surface area (Å²) in [6.07, 6.45) is 3.64. The second-order valence-corrected chi connectivity index (χ2v) is 8.44. The first-order valence-electron chi connectivity index (χ1n) is 10.3. The lowest BCUT2D eigenvalue weighted by Gasteiger charge is -2.28. The highest BCUT2D eigenvalue weighted by Crippen LogP contribution is 2.45. The molecule has 30 heavy (non-hydrogen) atoms. The number of aryl methyl sites for hydroxylation is 1. The summed E-state index contributed by atoms with van der Waals surface area (Å²) < 4.78 is 0. The number of H-pyrrole nitrogens is 1. The molecule has 2 fully saturated rings. The van der Waals surface area contributed by atoms with Crippen LogP contribution in [0.25, 0.3) is 11.1 Å². The molecule has 2 aliphatic heterocycles. The highest BCUT2D eigenvalue weighted by atomic mass is 35.5. The van der Waals surface area contributed by atoms with E-state index in [1.807, 2.05) is 30.5 Å². The zero-order valence-electron chi connectivity index (χ0n) is 17.3. The first kappa shape index (κ1) is 20.6. The van der Waals surface area contributed by atoms with Crippen LogP contribution in [-0.4, -0.2) is 52.6 Å². The lowest BCUT2D eigenvalue weighted by molar-refractivity contribution is 0.0768. The Kier molecular flexibility index (Phi) is 5.67. The fourth-order valence-corrected chi connectivity index (χ4v) is 5.23. The molecule has 5 nitrogen and oxygen atoms in total. The van der Waals surface area contributed by atoms with Crippen LogP contribution in [0, 0.1) is 18.8 Å². The van der Waals surface area contributed by atoms with Gasteiger partial charge in [-0.25, -0.2) is 0 Å². The van der Waals surface area contributed by atoms with Gasteiger partial charge in [0.1, 0.15) is 0 Å². The van der Waals surface area contributed by atoms with Gasteiger partial charge in [-0.3, -0.25) is 14.8 Å². The summed E-state index contributed by atoms with van der Waals surface area (Å²) >= 11 is 0. The number of fused-ring (bicyclic) bond motifs is 1. The topological polar surface area (TPSA) is 52.2 Å². The minimum Gasteiger partial charge on any atom is -0.338 e. The number of likely N-dealkylation sites (tertiary alicyclic amines) is 2. The van der Waals surface area contributed by atoms with Gasteiger partial charge in [0, 0.05) is 48.9 Å². The molecule has 1 amide bonds. The standard InChI is InChI=1S/C24H26N4O.ClH/c1-16-6-3-4-9-21(16)23-22-15-28(14-20(22)13-27(23)2)24(29)18-8-5-7-17(10-18)19-11-25-26-12-19;/h3-12,20,22-23H,13-15H2,1-2H3,(H,25,26);1H/t20-,22+,23-;/m0./s1.